The number of hydrogen-bond donors (Lipinski definition) is 2. The fourth-order valence-corrected chi connectivity index (χ4v) is 2.33. The number of pyridine rings is 1. The van der Waals surface area contributed by atoms with Gasteiger partial charge in [-0.1, -0.05) is 0 Å². The van der Waals surface area contributed by atoms with Gasteiger partial charge < -0.3 is 10.6 Å². The predicted molar refractivity (Wildman–Crippen MR) is 66.8 cm³/mol. The van der Waals surface area contributed by atoms with Crippen molar-refractivity contribution in [3.8, 4) is 0 Å². The average molecular weight is 287 g/mol. The second-order valence-electron chi connectivity index (χ2n) is 4.98. The maximum absolute atomic E-state index is 13.2. The summed E-state index contributed by atoms with van der Waals surface area (Å²) in [6, 6.07) is 2.83. The van der Waals surface area contributed by atoms with Crippen molar-refractivity contribution in [2.45, 2.75) is 25.6 Å². The zero-order chi connectivity index (χ0) is 14.8. The molecule has 2 atom stereocenters. The van der Waals surface area contributed by atoms with E-state index in [9.17, 15) is 18.0 Å². The third kappa shape index (κ3) is 2.63. The number of carbonyl (C=O) groups excluding carboxylic acids is 1. The number of alkyl halides is 3. The molecule has 1 unspecified atom stereocenters. The number of amides is 1. The molecular formula is C13H16F3N3O. The summed E-state index contributed by atoms with van der Waals surface area (Å²) < 4.78 is 39.6. The molecule has 0 aromatic carbocycles. The van der Waals surface area contributed by atoms with E-state index >= 15 is 0 Å². The number of rotatable bonds is 3. The second-order valence-corrected chi connectivity index (χ2v) is 4.98. The lowest BCUT2D eigenvalue weighted by Crippen LogP contribution is -2.52. The number of aromatic nitrogens is 1. The standard InChI is InChI=1S/C13H16F3N3O/c1-9(10-2-5-17-6-3-10)19-11(20)12(13(14,15)16)4-7-18-8-12/h2-3,5-6,9,18H,4,7-8H2,1H3,(H,19,20)/t9-,12?/m0/s1. The molecule has 1 aliphatic heterocycles. The SMILES string of the molecule is C[C@H](NC(=O)C1(C(F)(F)F)CCNC1)c1ccncc1. The number of hydrogen-bond acceptors (Lipinski definition) is 3. The summed E-state index contributed by atoms with van der Waals surface area (Å²) in [5.74, 6) is -0.973. The first-order chi connectivity index (χ1) is 9.37. The Morgan fingerprint density at radius 1 is 1.45 bits per heavy atom. The Balaban J connectivity index is 2.14. The zero-order valence-corrected chi connectivity index (χ0v) is 11.0. The maximum atomic E-state index is 13.2. The van der Waals surface area contributed by atoms with Gasteiger partial charge in [-0.25, -0.2) is 0 Å². The van der Waals surface area contributed by atoms with Crippen LogP contribution in [0.15, 0.2) is 24.5 Å². The molecule has 1 aromatic rings. The summed E-state index contributed by atoms with van der Waals surface area (Å²) in [6.45, 7) is 1.47. The monoisotopic (exact) mass is 287 g/mol. The van der Waals surface area contributed by atoms with E-state index in [2.05, 4.69) is 15.6 Å². The van der Waals surface area contributed by atoms with Gasteiger partial charge in [0.15, 0.2) is 5.41 Å². The number of carbonyl (C=O) groups is 1. The highest BCUT2D eigenvalue weighted by atomic mass is 19.4. The zero-order valence-electron chi connectivity index (χ0n) is 11.0. The van der Waals surface area contributed by atoms with Crippen LogP contribution in [-0.2, 0) is 4.79 Å². The van der Waals surface area contributed by atoms with E-state index in [4.69, 9.17) is 0 Å². The number of halogens is 3. The summed E-state index contributed by atoms with van der Waals surface area (Å²) >= 11 is 0. The molecule has 20 heavy (non-hydrogen) atoms. The third-order valence-corrected chi connectivity index (χ3v) is 3.69. The minimum absolute atomic E-state index is 0.191. The first kappa shape index (κ1) is 14.8. The molecule has 1 fully saturated rings. The molecule has 0 spiro atoms. The van der Waals surface area contributed by atoms with Gasteiger partial charge in [-0.3, -0.25) is 9.78 Å². The first-order valence-electron chi connectivity index (χ1n) is 6.35. The van der Waals surface area contributed by atoms with Crippen molar-refractivity contribution in [1.82, 2.24) is 15.6 Å². The van der Waals surface area contributed by atoms with Gasteiger partial charge in [0.05, 0.1) is 6.04 Å². The topological polar surface area (TPSA) is 54.0 Å². The maximum Gasteiger partial charge on any atom is 0.404 e. The van der Waals surface area contributed by atoms with Crippen molar-refractivity contribution >= 4 is 5.91 Å². The van der Waals surface area contributed by atoms with Crippen molar-refractivity contribution in [3.05, 3.63) is 30.1 Å². The van der Waals surface area contributed by atoms with Crippen LogP contribution in [0, 0.1) is 5.41 Å². The summed E-state index contributed by atoms with van der Waals surface area (Å²) in [5.41, 5.74) is -1.61. The normalized spacial score (nSPS) is 24.4. The molecule has 0 saturated carbocycles. The Labute approximate surface area is 114 Å². The molecule has 0 aliphatic carbocycles. The summed E-state index contributed by atoms with van der Waals surface area (Å²) in [4.78, 5) is 15.9. The van der Waals surface area contributed by atoms with Gasteiger partial charge in [-0.2, -0.15) is 13.2 Å². The fourth-order valence-electron chi connectivity index (χ4n) is 2.33. The van der Waals surface area contributed by atoms with E-state index in [0.29, 0.717) is 0 Å². The Bertz CT molecular complexity index is 469. The molecule has 2 rings (SSSR count). The van der Waals surface area contributed by atoms with Crippen LogP contribution in [0.5, 0.6) is 0 Å². The van der Waals surface area contributed by atoms with Crippen molar-refractivity contribution < 1.29 is 18.0 Å². The van der Waals surface area contributed by atoms with E-state index in [1.807, 2.05) is 0 Å². The van der Waals surface area contributed by atoms with E-state index < -0.39 is 23.5 Å². The predicted octanol–water partition coefficient (Wildman–Crippen LogP) is 1.80. The molecule has 1 amide bonds. The Morgan fingerprint density at radius 3 is 2.60 bits per heavy atom. The van der Waals surface area contributed by atoms with Gasteiger partial charge in [0.1, 0.15) is 0 Å². The summed E-state index contributed by atoms with van der Waals surface area (Å²) in [5, 5.41) is 5.08. The van der Waals surface area contributed by atoms with E-state index in [-0.39, 0.29) is 19.5 Å². The highest BCUT2D eigenvalue weighted by Crippen LogP contribution is 2.43. The highest BCUT2D eigenvalue weighted by Gasteiger charge is 2.61. The van der Waals surface area contributed by atoms with Crippen molar-refractivity contribution in [3.63, 3.8) is 0 Å². The lowest BCUT2D eigenvalue weighted by atomic mass is 9.84. The fraction of sp³-hybridized carbons (Fsp3) is 0.538. The Hall–Kier alpha value is -1.63. The average Bonchev–Trinajstić information content (AvgIpc) is 2.90. The molecule has 110 valence electrons. The number of nitrogens with zero attached hydrogens (tertiary/aromatic N) is 1. The quantitative estimate of drug-likeness (QED) is 0.891. The highest BCUT2D eigenvalue weighted by molar-refractivity contribution is 5.84. The molecular weight excluding hydrogens is 271 g/mol. The first-order valence-corrected chi connectivity index (χ1v) is 6.35. The van der Waals surface area contributed by atoms with Gasteiger partial charge in [0.25, 0.3) is 0 Å². The molecule has 2 N–H and O–H groups in total. The van der Waals surface area contributed by atoms with Gasteiger partial charge in [-0.05, 0) is 37.6 Å². The lowest BCUT2D eigenvalue weighted by Gasteiger charge is -2.30. The van der Waals surface area contributed by atoms with Gasteiger partial charge >= 0.3 is 6.18 Å². The lowest BCUT2D eigenvalue weighted by molar-refractivity contribution is -0.216. The van der Waals surface area contributed by atoms with E-state index in [0.717, 1.165) is 5.56 Å². The Kier molecular flexibility index (Phi) is 3.99. The van der Waals surface area contributed by atoms with Crippen molar-refractivity contribution in [2.24, 2.45) is 5.41 Å². The molecule has 4 nitrogen and oxygen atoms in total. The third-order valence-electron chi connectivity index (χ3n) is 3.69. The molecule has 1 aromatic heterocycles. The van der Waals surface area contributed by atoms with Gasteiger partial charge in [0, 0.05) is 18.9 Å². The Morgan fingerprint density at radius 2 is 2.10 bits per heavy atom. The molecule has 7 heteroatoms. The van der Waals surface area contributed by atoms with Crippen LogP contribution in [0.2, 0.25) is 0 Å². The van der Waals surface area contributed by atoms with Crippen molar-refractivity contribution in [1.29, 1.82) is 0 Å². The number of nitrogens with one attached hydrogen (secondary N) is 2. The molecule has 0 bridgehead atoms. The van der Waals surface area contributed by atoms with Crippen LogP contribution in [0.25, 0.3) is 0 Å². The summed E-state index contributed by atoms with van der Waals surface area (Å²) in [7, 11) is 0. The minimum Gasteiger partial charge on any atom is -0.349 e. The second kappa shape index (κ2) is 5.40. The van der Waals surface area contributed by atoms with Crippen LogP contribution >= 0.6 is 0 Å². The van der Waals surface area contributed by atoms with Crippen LogP contribution in [0.4, 0.5) is 13.2 Å². The van der Waals surface area contributed by atoms with E-state index in [1.54, 1.807) is 19.1 Å². The van der Waals surface area contributed by atoms with Crippen molar-refractivity contribution in [2.75, 3.05) is 13.1 Å². The molecule has 2 heterocycles. The summed E-state index contributed by atoms with van der Waals surface area (Å²) in [6.07, 6.45) is -1.72. The largest absolute Gasteiger partial charge is 0.404 e. The van der Waals surface area contributed by atoms with Crippen LogP contribution < -0.4 is 10.6 Å². The smallest absolute Gasteiger partial charge is 0.349 e. The molecule has 1 saturated heterocycles. The minimum atomic E-state index is -4.56. The van der Waals surface area contributed by atoms with Crippen LogP contribution in [0.1, 0.15) is 24.9 Å². The van der Waals surface area contributed by atoms with E-state index in [1.165, 1.54) is 12.4 Å². The van der Waals surface area contributed by atoms with Gasteiger partial charge in [0.2, 0.25) is 5.91 Å². The van der Waals surface area contributed by atoms with Crippen LogP contribution in [0.3, 0.4) is 0 Å². The molecule has 1 aliphatic rings. The van der Waals surface area contributed by atoms with Crippen LogP contribution in [-0.4, -0.2) is 30.2 Å². The van der Waals surface area contributed by atoms with Gasteiger partial charge in [-0.15, -0.1) is 0 Å². The molecule has 0 radical (unpaired) electrons.